The molecule has 2 N–H and O–H groups in total. The molecule has 1 heterocycles. The second kappa shape index (κ2) is 6.59. The fourth-order valence-corrected chi connectivity index (χ4v) is 1.49. The van der Waals surface area contributed by atoms with Gasteiger partial charge in [0, 0.05) is 11.7 Å². The third-order valence-electron chi connectivity index (χ3n) is 3.00. The molecule has 1 rings (SSSR count). The molecule has 0 aliphatic carbocycles. The SMILES string of the molecule is CCC(N)(CC)COc1ncccc1OC(C)C. The normalized spacial score (nSPS) is 11.7. The van der Waals surface area contributed by atoms with Gasteiger partial charge in [-0.2, -0.15) is 0 Å². The van der Waals surface area contributed by atoms with Crippen LogP contribution in [0.4, 0.5) is 0 Å². The Morgan fingerprint density at radius 3 is 2.56 bits per heavy atom. The zero-order valence-electron chi connectivity index (χ0n) is 11.8. The fraction of sp³-hybridized carbons (Fsp3) is 0.643. The van der Waals surface area contributed by atoms with Crippen LogP contribution in [0, 0.1) is 0 Å². The lowest BCUT2D eigenvalue weighted by Crippen LogP contribution is -2.44. The molecule has 0 spiro atoms. The third-order valence-corrected chi connectivity index (χ3v) is 3.00. The van der Waals surface area contributed by atoms with Crippen molar-refractivity contribution in [1.29, 1.82) is 0 Å². The van der Waals surface area contributed by atoms with Crippen LogP contribution in [0.15, 0.2) is 18.3 Å². The van der Waals surface area contributed by atoms with E-state index in [1.54, 1.807) is 6.20 Å². The molecule has 0 saturated heterocycles. The van der Waals surface area contributed by atoms with Gasteiger partial charge in [0.2, 0.25) is 0 Å². The average molecular weight is 252 g/mol. The quantitative estimate of drug-likeness (QED) is 0.810. The van der Waals surface area contributed by atoms with E-state index in [4.69, 9.17) is 15.2 Å². The van der Waals surface area contributed by atoms with Gasteiger partial charge in [-0.15, -0.1) is 0 Å². The lowest BCUT2D eigenvalue weighted by Gasteiger charge is -2.26. The van der Waals surface area contributed by atoms with E-state index in [0.717, 1.165) is 12.8 Å². The van der Waals surface area contributed by atoms with E-state index in [1.165, 1.54) is 0 Å². The monoisotopic (exact) mass is 252 g/mol. The number of nitrogens with zero attached hydrogens (tertiary/aromatic N) is 1. The van der Waals surface area contributed by atoms with Crippen molar-refractivity contribution in [1.82, 2.24) is 4.98 Å². The Balaban J connectivity index is 2.72. The maximum absolute atomic E-state index is 6.20. The second-order valence-corrected chi connectivity index (χ2v) is 4.83. The molecule has 0 aliphatic rings. The van der Waals surface area contributed by atoms with Gasteiger partial charge < -0.3 is 15.2 Å². The molecule has 0 aromatic carbocycles. The Kier molecular flexibility index (Phi) is 5.41. The summed E-state index contributed by atoms with van der Waals surface area (Å²) in [4.78, 5) is 4.20. The maximum Gasteiger partial charge on any atom is 0.257 e. The van der Waals surface area contributed by atoms with Crippen LogP contribution in [0.25, 0.3) is 0 Å². The topological polar surface area (TPSA) is 57.4 Å². The summed E-state index contributed by atoms with van der Waals surface area (Å²) in [7, 11) is 0. The Morgan fingerprint density at radius 1 is 1.33 bits per heavy atom. The summed E-state index contributed by atoms with van der Waals surface area (Å²) in [6, 6.07) is 3.69. The maximum atomic E-state index is 6.20. The Bertz CT molecular complexity index is 363. The Labute approximate surface area is 110 Å². The van der Waals surface area contributed by atoms with Gasteiger partial charge in [0.25, 0.3) is 5.88 Å². The molecule has 0 amide bonds. The minimum Gasteiger partial charge on any atom is -0.485 e. The number of hydrogen-bond donors (Lipinski definition) is 1. The van der Waals surface area contributed by atoms with Crippen molar-refractivity contribution in [2.24, 2.45) is 5.73 Å². The van der Waals surface area contributed by atoms with Crippen molar-refractivity contribution < 1.29 is 9.47 Å². The summed E-state index contributed by atoms with van der Waals surface area (Å²) < 4.78 is 11.4. The predicted molar refractivity (Wildman–Crippen MR) is 73.0 cm³/mol. The number of pyridine rings is 1. The molecule has 0 bridgehead atoms. The molecule has 1 aromatic rings. The zero-order valence-corrected chi connectivity index (χ0v) is 11.8. The minimum absolute atomic E-state index is 0.0940. The molecule has 0 saturated carbocycles. The van der Waals surface area contributed by atoms with Crippen molar-refractivity contribution in [2.75, 3.05) is 6.61 Å². The van der Waals surface area contributed by atoms with Crippen molar-refractivity contribution in [2.45, 2.75) is 52.2 Å². The highest BCUT2D eigenvalue weighted by molar-refractivity contribution is 5.32. The number of ether oxygens (including phenoxy) is 2. The van der Waals surface area contributed by atoms with E-state index in [1.807, 2.05) is 26.0 Å². The fourth-order valence-electron chi connectivity index (χ4n) is 1.49. The number of aromatic nitrogens is 1. The molecule has 1 aromatic heterocycles. The molecule has 0 aliphatic heterocycles. The zero-order chi connectivity index (χ0) is 13.6. The highest BCUT2D eigenvalue weighted by atomic mass is 16.5. The summed E-state index contributed by atoms with van der Waals surface area (Å²) in [6.45, 7) is 8.53. The molecular formula is C14H24N2O2. The predicted octanol–water partition coefficient (Wildman–Crippen LogP) is 2.77. The molecule has 0 unspecified atom stereocenters. The number of hydrogen-bond acceptors (Lipinski definition) is 4. The summed E-state index contributed by atoms with van der Waals surface area (Å²) >= 11 is 0. The molecule has 18 heavy (non-hydrogen) atoms. The molecule has 4 nitrogen and oxygen atoms in total. The first-order valence-corrected chi connectivity index (χ1v) is 6.54. The van der Waals surface area contributed by atoms with Gasteiger partial charge in [-0.1, -0.05) is 13.8 Å². The first-order valence-electron chi connectivity index (χ1n) is 6.54. The highest BCUT2D eigenvalue weighted by Crippen LogP contribution is 2.26. The molecule has 102 valence electrons. The van der Waals surface area contributed by atoms with E-state index in [-0.39, 0.29) is 11.6 Å². The van der Waals surface area contributed by atoms with Crippen molar-refractivity contribution in [3.8, 4) is 11.6 Å². The molecular weight excluding hydrogens is 228 g/mol. The van der Waals surface area contributed by atoms with Gasteiger partial charge in [0.1, 0.15) is 6.61 Å². The molecule has 0 radical (unpaired) electrons. The van der Waals surface area contributed by atoms with Gasteiger partial charge in [0.05, 0.1) is 6.10 Å². The van der Waals surface area contributed by atoms with Crippen LogP contribution in [0.3, 0.4) is 0 Å². The van der Waals surface area contributed by atoms with Crippen LogP contribution in [-0.4, -0.2) is 23.2 Å². The van der Waals surface area contributed by atoms with Gasteiger partial charge >= 0.3 is 0 Å². The minimum atomic E-state index is -0.299. The van der Waals surface area contributed by atoms with Gasteiger partial charge in [-0.25, -0.2) is 4.98 Å². The van der Waals surface area contributed by atoms with E-state index >= 15 is 0 Å². The average Bonchev–Trinajstić information content (AvgIpc) is 2.37. The molecule has 0 atom stereocenters. The molecule has 4 heteroatoms. The van der Waals surface area contributed by atoms with Crippen LogP contribution in [0.5, 0.6) is 11.6 Å². The standard InChI is InChI=1S/C14H24N2O2/c1-5-14(15,6-2)10-17-13-12(18-11(3)4)8-7-9-16-13/h7-9,11H,5-6,10,15H2,1-4H3. The van der Waals surface area contributed by atoms with Crippen molar-refractivity contribution in [3.63, 3.8) is 0 Å². The summed E-state index contributed by atoms with van der Waals surface area (Å²) in [6.07, 6.45) is 3.53. The summed E-state index contributed by atoms with van der Waals surface area (Å²) in [5, 5.41) is 0. The number of rotatable bonds is 7. The van der Waals surface area contributed by atoms with E-state index in [0.29, 0.717) is 18.2 Å². The lowest BCUT2D eigenvalue weighted by molar-refractivity contribution is 0.178. The van der Waals surface area contributed by atoms with Crippen molar-refractivity contribution >= 4 is 0 Å². The van der Waals surface area contributed by atoms with E-state index < -0.39 is 0 Å². The number of nitrogens with two attached hydrogens (primary N) is 1. The van der Waals surface area contributed by atoms with Crippen LogP contribution >= 0.6 is 0 Å². The Hall–Kier alpha value is -1.29. The smallest absolute Gasteiger partial charge is 0.257 e. The van der Waals surface area contributed by atoms with Crippen LogP contribution in [0.2, 0.25) is 0 Å². The van der Waals surface area contributed by atoms with Crippen LogP contribution < -0.4 is 15.2 Å². The van der Waals surface area contributed by atoms with Gasteiger partial charge in [0.15, 0.2) is 5.75 Å². The summed E-state index contributed by atoms with van der Waals surface area (Å²) in [5.74, 6) is 1.19. The highest BCUT2D eigenvalue weighted by Gasteiger charge is 2.22. The summed E-state index contributed by atoms with van der Waals surface area (Å²) in [5.41, 5.74) is 5.90. The van der Waals surface area contributed by atoms with Crippen LogP contribution in [-0.2, 0) is 0 Å². The first-order chi connectivity index (χ1) is 8.50. The molecule has 0 fully saturated rings. The van der Waals surface area contributed by atoms with Gasteiger partial charge in [-0.05, 0) is 38.8 Å². The van der Waals surface area contributed by atoms with Crippen LogP contribution in [0.1, 0.15) is 40.5 Å². The van der Waals surface area contributed by atoms with Crippen molar-refractivity contribution in [3.05, 3.63) is 18.3 Å². The van der Waals surface area contributed by atoms with Gasteiger partial charge in [-0.3, -0.25) is 0 Å². The largest absolute Gasteiger partial charge is 0.485 e. The lowest BCUT2D eigenvalue weighted by atomic mass is 9.96. The first kappa shape index (κ1) is 14.8. The van der Waals surface area contributed by atoms with E-state index in [9.17, 15) is 0 Å². The third kappa shape index (κ3) is 4.18. The van der Waals surface area contributed by atoms with E-state index in [2.05, 4.69) is 18.8 Å². The Morgan fingerprint density at radius 2 is 2.00 bits per heavy atom. The second-order valence-electron chi connectivity index (χ2n) is 4.83.